The molecule has 0 aliphatic rings. The van der Waals surface area contributed by atoms with Crippen molar-refractivity contribution in [1.82, 2.24) is 10.6 Å². The van der Waals surface area contributed by atoms with E-state index in [9.17, 15) is 5.11 Å². The van der Waals surface area contributed by atoms with Crippen molar-refractivity contribution < 1.29 is 14.3 Å². The Balaban J connectivity index is 1.73. The maximum atomic E-state index is 9.93. The van der Waals surface area contributed by atoms with Crippen LogP contribution in [0, 0.1) is 0 Å². The van der Waals surface area contributed by atoms with E-state index >= 15 is 0 Å². The number of nitrogens with zero attached hydrogens (tertiary/aromatic N) is 1. The molecule has 0 spiro atoms. The lowest BCUT2D eigenvalue weighted by Gasteiger charge is -2.12. The normalized spacial score (nSPS) is 11.3. The van der Waals surface area contributed by atoms with E-state index in [4.69, 9.17) is 9.15 Å². The van der Waals surface area contributed by atoms with Crippen LogP contribution < -0.4 is 15.4 Å². The smallest absolute Gasteiger partial charge is 0.191 e. The van der Waals surface area contributed by atoms with Crippen LogP contribution in [0.3, 0.4) is 0 Å². The number of methoxy groups -OCH3 is 1. The molecule has 124 valence electrons. The summed E-state index contributed by atoms with van der Waals surface area (Å²) in [5.41, 5.74) is 0.865. The number of phenolic OH excluding ortho intramolecular Hbond substituents is 1. The molecule has 0 aliphatic heterocycles. The lowest BCUT2D eigenvalue weighted by Crippen LogP contribution is -2.39. The number of furan rings is 1. The number of nitrogens with one attached hydrogen (secondary N) is 2. The third-order valence-corrected chi connectivity index (χ3v) is 3.45. The summed E-state index contributed by atoms with van der Waals surface area (Å²) in [4.78, 5) is 4.17. The number of ether oxygens (including phenoxy) is 1. The van der Waals surface area contributed by atoms with E-state index in [1.807, 2.05) is 24.3 Å². The Morgan fingerprint density at radius 3 is 2.61 bits per heavy atom. The average Bonchev–Trinajstić information content (AvgIpc) is 3.08. The molecule has 2 aromatic rings. The summed E-state index contributed by atoms with van der Waals surface area (Å²) in [7, 11) is 3.31. The Morgan fingerprint density at radius 2 is 2.00 bits per heavy atom. The average molecular weight is 317 g/mol. The fourth-order valence-corrected chi connectivity index (χ4v) is 2.18. The van der Waals surface area contributed by atoms with Crippen LogP contribution in [0.15, 0.2) is 46.0 Å². The van der Waals surface area contributed by atoms with Crippen molar-refractivity contribution in [2.45, 2.75) is 12.8 Å². The van der Waals surface area contributed by atoms with Gasteiger partial charge in [0.05, 0.1) is 13.4 Å². The molecule has 6 nitrogen and oxygen atoms in total. The maximum Gasteiger partial charge on any atom is 0.191 e. The number of aliphatic imine (C=N–C) groups is 1. The van der Waals surface area contributed by atoms with Crippen molar-refractivity contribution in [3.05, 3.63) is 47.9 Å². The second-order valence-corrected chi connectivity index (χ2v) is 5.00. The van der Waals surface area contributed by atoms with Crippen LogP contribution >= 0.6 is 0 Å². The highest BCUT2D eigenvalue weighted by Gasteiger charge is 2.04. The second kappa shape index (κ2) is 8.73. The Morgan fingerprint density at radius 1 is 1.22 bits per heavy atom. The van der Waals surface area contributed by atoms with E-state index in [2.05, 4.69) is 15.6 Å². The minimum absolute atomic E-state index is 0.243. The van der Waals surface area contributed by atoms with Crippen LogP contribution in [0.5, 0.6) is 11.5 Å². The molecule has 23 heavy (non-hydrogen) atoms. The monoisotopic (exact) mass is 317 g/mol. The Labute approximate surface area is 136 Å². The number of guanidine groups is 1. The van der Waals surface area contributed by atoms with Gasteiger partial charge in [-0.1, -0.05) is 6.07 Å². The van der Waals surface area contributed by atoms with Gasteiger partial charge in [-0.25, -0.2) is 0 Å². The van der Waals surface area contributed by atoms with E-state index in [1.165, 1.54) is 0 Å². The lowest BCUT2D eigenvalue weighted by molar-refractivity contribution is 0.406. The summed E-state index contributed by atoms with van der Waals surface area (Å²) in [6.45, 7) is 1.40. The van der Waals surface area contributed by atoms with Crippen LogP contribution in [0.1, 0.15) is 11.3 Å². The molecule has 0 radical (unpaired) electrons. The Hall–Kier alpha value is -2.63. The van der Waals surface area contributed by atoms with Gasteiger partial charge in [0.2, 0.25) is 0 Å². The van der Waals surface area contributed by atoms with Gasteiger partial charge in [-0.05, 0) is 30.2 Å². The van der Waals surface area contributed by atoms with E-state index < -0.39 is 0 Å². The van der Waals surface area contributed by atoms with Crippen LogP contribution in [-0.2, 0) is 12.8 Å². The summed E-state index contributed by atoms with van der Waals surface area (Å²) in [5.74, 6) is 2.56. The van der Waals surface area contributed by atoms with Gasteiger partial charge in [-0.2, -0.15) is 0 Å². The molecule has 0 bridgehead atoms. The molecule has 0 aliphatic carbocycles. The summed E-state index contributed by atoms with van der Waals surface area (Å²) >= 11 is 0. The Kier molecular flexibility index (Phi) is 6.35. The van der Waals surface area contributed by atoms with Gasteiger partial charge in [-0.15, -0.1) is 0 Å². The first kappa shape index (κ1) is 16.7. The number of hydrogen-bond donors (Lipinski definition) is 3. The highest BCUT2D eigenvalue weighted by molar-refractivity contribution is 5.79. The predicted molar refractivity (Wildman–Crippen MR) is 90.1 cm³/mol. The fourth-order valence-electron chi connectivity index (χ4n) is 2.18. The van der Waals surface area contributed by atoms with Crippen molar-refractivity contribution in [3.8, 4) is 11.5 Å². The molecule has 1 heterocycles. The summed E-state index contributed by atoms with van der Waals surface area (Å²) < 4.78 is 10.4. The van der Waals surface area contributed by atoms with Crippen LogP contribution in [-0.4, -0.2) is 38.3 Å². The van der Waals surface area contributed by atoms with Gasteiger partial charge in [0.1, 0.15) is 17.3 Å². The third kappa shape index (κ3) is 5.25. The minimum atomic E-state index is 0.243. The number of phenols is 1. The number of benzene rings is 1. The minimum Gasteiger partial charge on any atom is -0.508 e. The molecule has 0 fully saturated rings. The van der Waals surface area contributed by atoms with Gasteiger partial charge >= 0.3 is 0 Å². The van der Waals surface area contributed by atoms with E-state index in [1.54, 1.807) is 26.5 Å². The van der Waals surface area contributed by atoms with Gasteiger partial charge in [0, 0.05) is 32.6 Å². The van der Waals surface area contributed by atoms with Crippen molar-refractivity contribution in [1.29, 1.82) is 0 Å². The van der Waals surface area contributed by atoms with Crippen LogP contribution in [0.25, 0.3) is 0 Å². The molecule has 0 saturated heterocycles. The molecule has 6 heteroatoms. The highest BCUT2D eigenvalue weighted by atomic mass is 16.5. The molecule has 0 atom stereocenters. The topological polar surface area (TPSA) is 79.0 Å². The molecule has 1 aromatic heterocycles. The fraction of sp³-hybridized carbons (Fsp3) is 0.353. The lowest BCUT2D eigenvalue weighted by atomic mass is 10.1. The molecule has 0 unspecified atom stereocenters. The molecular weight excluding hydrogens is 294 g/mol. The second-order valence-electron chi connectivity index (χ2n) is 5.00. The molecule has 0 saturated carbocycles. The number of aromatic hydroxyl groups is 1. The highest BCUT2D eigenvalue weighted by Crippen LogP contribution is 2.23. The standard InChI is InChI=1S/C17H23N3O3/c1-18-17(20-10-8-14-4-3-11-23-14)19-9-7-13-5-6-15(22-2)12-16(13)21/h3-6,11-12,21H,7-10H2,1-2H3,(H2,18,19,20). The van der Waals surface area contributed by atoms with E-state index in [0.717, 1.165) is 30.2 Å². The molecular formula is C17H23N3O3. The predicted octanol–water partition coefficient (Wildman–Crippen LogP) is 1.94. The van der Waals surface area contributed by atoms with Crippen molar-refractivity contribution in [2.75, 3.05) is 27.2 Å². The van der Waals surface area contributed by atoms with Crippen molar-refractivity contribution in [2.24, 2.45) is 4.99 Å². The van der Waals surface area contributed by atoms with Crippen molar-refractivity contribution >= 4 is 5.96 Å². The van der Waals surface area contributed by atoms with Gasteiger partial charge in [0.15, 0.2) is 5.96 Å². The van der Waals surface area contributed by atoms with E-state index in [-0.39, 0.29) is 5.75 Å². The van der Waals surface area contributed by atoms with Crippen molar-refractivity contribution in [3.63, 3.8) is 0 Å². The zero-order valence-electron chi connectivity index (χ0n) is 13.5. The zero-order chi connectivity index (χ0) is 16.5. The molecule has 0 amide bonds. The molecule has 2 rings (SSSR count). The first-order valence-corrected chi connectivity index (χ1v) is 7.55. The third-order valence-electron chi connectivity index (χ3n) is 3.45. The largest absolute Gasteiger partial charge is 0.508 e. The number of rotatable bonds is 7. The zero-order valence-corrected chi connectivity index (χ0v) is 13.5. The molecule has 3 N–H and O–H groups in total. The van der Waals surface area contributed by atoms with Gasteiger partial charge in [0.25, 0.3) is 0 Å². The van der Waals surface area contributed by atoms with Crippen LogP contribution in [0.4, 0.5) is 0 Å². The van der Waals surface area contributed by atoms with Gasteiger partial charge < -0.3 is 24.9 Å². The van der Waals surface area contributed by atoms with Gasteiger partial charge in [-0.3, -0.25) is 4.99 Å². The van der Waals surface area contributed by atoms with E-state index in [0.29, 0.717) is 18.7 Å². The first-order chi connectivity index (χ1) is 11.2. The summed E-state index contributed by atoms with van der Waals surface area (Å²) in [6, 6.07) is 9.15. The quantitative estimate of drug-likeness (QED) is 0.537. The summed E-state index contributed by atoms with van der Waals surface area (Å²) in [5, 5.41) is 16.4. The first-order valence-electron chi connectivity index (χ1n) is 7.55. The summed E-state index contributed by atoms with van der Waals surface area (Å²) in [6.07, 6.45) is 3.16. The Bertz CT molecular complexity index is 624. The SMILES string of the molecule is CN=C(NCCc1ccco1)NCCc1ccc(OC)cc1O. The molecule has 1 aromatic carbocycles. The van der Waals surface area contributed by atoms with Crippen LogP contribution in [0.2, 0.25) is 0 Å². The number of hydrogen-bond acceptors (Lipinski definition) is 4. The maximum absolute atomic E-state index is 9.93.